The topological polar surface area (TPSA) is 33.3 Å². The van der Waals surface area contributed by atoms with Crippen LogP contribution in [0.1, 0.15) is 30.5 Å². The van der Waals surface area contributed by atoms with Crippen LogP contribution < -0.4 is 15.4 Å². The van der Waals surface area contributed by atoms with Gasteiger partial charge in [-0.3, -0.25) is 0 Å². The van der Waals surface area contributed by atoms with Crippen molar-refractivity contribution >= 4 is 23.0 Å². The first-order valence-corrected chi connectivity index (χ1v) is 8.22. The van der Waals surface area contributed by atoms with Crippen LogP contribution in [-0.4, -0.2) is 11.2 Å². The predicted octanol–water partition coefficient (Wildman–Crippen LogP) is 4.58. The minimum absolute atomic E-state index is 0.172. The van der Waals surface area contributed by atoms with E-state index < -0.39 is 0 Å². The first-order valence-electron chi connectivity index (χ1n) is 7.82. The molecule has 0 aliphatic heterocycles. The molecule has 0 spiro atoms. The molecule has 0 aromatic heterocycles. The second-order valence-electron chi connectivity index (χ2n) is 5.94. The van der Waals surface area contributed by atoms with Gasteiger partial charge in [-0.05, 0) is 74.8 Å². The molecule has 2 aromatic rings. The average molecular weight is 328 g/mol. The second-order valence-corrected chi connectivity index (χ2v) is 6.35. The lowest BCUT2D eigenvalue weighted by Crippen LogP contribution is -2.28. The number of hydrogen-bond acceptors (Lipinski definition) is 2. The molecule has 4 heteroatoms. The molecule has 0 atom stereocenters. The van der Waals surface area contributed by atoms with Gasteiger partial charge in [0.1, 0.15) is 5.75 Å². The molecule has 0 heterocycles. The van der Waals surface area contributed by atoms with Crippen LogP contribution in [0, 0.1) is 13.8 Å². The highest BCUT2D eigenvalue weighted by molar-refractivity contribution is 7.80. The molecule has 0 saturated carbocycles. The van der Waals surface area contributed by atoms with Gasteiger partial charge in [-0.2, -0.15) is 0 Å². The molecule has 3 nitrogen and oxygen atoms in total. The van der Waals surface area contributed by atoms with Gasteiger partial charge in [-0.15, -0.1) is 0 Å². The van der Waals surface area contributed by atoms with E-state index in [0.717, 1.165) is 17.0 Å². The van der Waals surface area contributed by atoms with E-state index in [0.29, 0.717) is 11.7 Å². The van der Waals surface area contributed by atoms with E-state index >= 15 is 0 Å². The summed E-state index contributed by atoms with van der Waals surface area (Å²) in [6.45, 7) is 8.84. The Balaban J connectivity index is 1.93. The maximum absolute atomic E-state index is 5.71. The van der Waals surface area contributed by atoms with Crippen LogP contribution in [0.3, 0.4) is 0 Å². The van der Waals surface area contributed by atoms with Gasteiger partial charge in [0, 0.05) is 12.2 Å². The number of ether oxygens (including phenoxy) is 1. The molecule has 0 aliphatic rings. The van der Waals surface area contributed by atoms with Crippen molar-refractivity contribution in [2.24, 2.45) is 0 Å². The number of anilines is 1. The highest BCUT2D eigenvalue weighted by atomic mass is 32.1. The van der Waals surface area contributed by atoms with Gasteiger partial charge in [0.25, 0.3) is 0 Å². The molecule has 0 bridgehead atoms. The van der Waals surface area contributed by atoms with Crippen LogP contribution in [0.15, 0.2) is 42.5 Å². The second kappa shape index (κ2) is 7.97. The molecule has 23 heavy (non-hydrogen) atoms. The molecule has 122 valence electrons. The van der Waals surface area contributed by atoms with Crippen LogP contribution in [-0.2, 0) is 6.54 Å². The number of nitrogens with one attached hydrogen (secondary N) is 2. The third-order valence-electron chi connectivity index (χ3n) is 3.36. The molecular weight excluding hydrogens is 304 g/mol. The fraction of sp³-hybridized carbons (Fsp3) is 0.316. The van der Waals surface area contributed by atoms with E-state index in [9.17, 15) is 0 Å². The third kappa shape index (κ3) is 5.57. The quantitative estimate of drug-likeness (QED) is 0.787. The molecule has 0 radical (unpaired) electrons. The summed E-state index contributed by atoms with van der Waals surface area (Å²) >= 11 is 5.39. The first-order chi connectivity index (χ1) is 10.9. The standard InChI is InChI=1S/C19H24N2OS/c1-13(2)22-17-7-5-6-16(11-17)12-20-19(23)21-18-10-14(3)8-9-15(18)4/h5-11,13H,12H2,1-4H3,(H2,20,21,23). The number of thiocarbonyl (C=S) groups is 1. The fourth-order valence-electron chi connectivity index (χ4n) is 2.22. The van der Waals surface area contributed by atoms with E-state index in [1.54, 1.807) is 0 Å². The van der Waals surface area contributed by atoms with Crippen molar-refractivity contribution in [2.75, 3.05) is 5.32 Å². The first kappa shape index (κ1) is 17.3. The molecule has 0 amide bonds. The van der Waals surface area contributed by atoms with Crippen LogP contribution in [0.5, 0.6) is 5.75 Å². The van der Waals surface area contributed by atoms with Crippen molar-refractivity contribution in [2.45, 2.75) is 40.3 Å². The van der Waals surface area contributed by atoms with Gasteiger partial charge in [-0.1, -0.05) is 24.3 Å². The highest BCUT2D eigenvalue weighted by Crippen LogP contribution is 2.17. The molecule has 0 fully saturated rings. The Hall–Kier alpha value is -2.07. The minimum Gasteiger partial charge on any atom is -0.491 e. The van der Waals surface area contributed by atoms with E-state index in [1.807, 2.05) is 32.0 Å². The molecule has 0 saturated heterocycles. The molecule has 2 aromatic carbocycles. The van der Waals surface area contributed by atoms with Crippen molar-refractivity contribution in [3.05, 3.63) is 59.2 Å². The van der Waals surface area contributed by atoms with E-state index in [1.165, 1.54) is 11.1 Å². The zero-order valence-electron chi connectivity index (χ0n) is 14.1. The number of rotatable bonds is 5. The summed E-state index contributed by atoms with van der Waals surface area (Å²) < 4.78 is 5.71. The predicted molar refractivity (Wildman–Crippen MR) is 101 cm³/mol. The van der Waals surface area contributed by atoms with Crippen molar-refractivity contribution in [1.29, 1.82) is 0 Å². The molecule has 2 N–H and O–H groups in total. The third-order valence-corrected chi connectivity index (χ3v) is 3.61. The van der Waals surface area contributed by atoms with Crippen molar-refractivity contribution < 1.29 is 4.74 Å². The lowest BCUT2D eigenvalue weighted by Gasteiger charge is -2.14. The van der Waals surface area contributed by atoms with Crippen LogP contribution in [0.4, 0.5) is 5.69 Å². The normalized spacial score (nSPS) is 10.5. The van der Waals surface area contributed by atoms with Crippen LogP contribution >= 0.6 is 12.2 Å². The maximum atomic E-state index is 5.71. The summed E-state index contributed by atoms with van der Waals surface area (Å²) in [5.41, 5.74) is 4.55. The highest BCUT2D eigenvalue weighted by Gasteiger charge is 2.03. The van der Waals surface area contributed by atoms with Gasteiger partial charge in [0.2, 0.25) is 0 Å². The lowest BCUT2D eigenvalue weighted by atomic mass is 10.1. The zero-order valence-corrected chi connectivity index (χ0v) is 15.0. The van der Waals surface area contributed by atoms with Crippen LogP contribution in [0.2, 0.25) is 0 Å². The zero-order chi connectivity index (χ0) is 16.8. The fourth-order valence-corrected chi connectivity index (χ4v) is 2.40. The Labute approximate surface area is 144 Å². The maximum Gasteiger partial charge on any atom is 0.171 e. The summed E-state index contributed by atoms with van der Waals surface area (Å²) in [5.74, 6) is 0.882. The van der Waals surface area contributed by atoms with Gasteiger partial charge >= 0.3 is 0 Å². The van der Waals surface area contributed by atoms with Gasteiger partial charge in [-0.25, -0.2) is 0 Å². The lowest BCUT2D eigenvalue weighted by molar-refractivity contribution is 0.242. The Morgan fingerprint density at radius 2 is 1.91 bits per heavy atom. The van der Waals surface area contributed by atoms with Crippen molar-refractivity contribution in [1.82, 2.24) is 5.32 Å². The minimum atomic E-state index is 0.172. The van der Waals surface area contributed by atoms with Gasteiger partial charge in [0.15, 0.2) is 5.11 Å². The number of aryl methyl sites for hydroxylation is 2. The molecule has 2 rings (SSSR count). The smallest absolute Gasteiger partial charge is 0.171 e. The summed E-state index contributed by atoms with van der Waals surface area (Å²) in [6, 6.07) is 14.3. The van der Waals surface area contributed by atoms with Gasteiger partial charge in [0.05, 0.1) is 6.10 Å². The Bertz CT molecular complexity index is 683. The summed E-state index contributed by atoms with van der Waals surface area (Å²) in [6.07, 6.45) is 0.172. The largest absolute Gasteiger partial charge is 0.491 e. The van der Waals surface area contributed by atoms with Crippen molar-refractivity contribution in [3.63, 3.8) is 0 Å². The SMILES string of the molecule is Cc1ccc(C)c(NC(=S)NCc2cccc(OC(C)C)c2)c1. The van der Waals surface area contributed by atoms with E-state index in [-0.39, 0.29) is 6.10 Å². The van der Waals surface area contributed by atoms with Crippen LogP contribution in [0.25, 0.3) is 0 Å². The molecule has 0 unspecified atom stereocenters. The van der Waals surface area contributed by atoms with E-state index in [4.69, 9.17) is 17.0 Å². The number of benzene rings is 2. The number of hydrogen-bond donors (Lipinski definition) is 2. The average Bonchev–Trinajstić information content (AvgIpc) is 2.49. The Morgan fingerprint density at radius 3 is 2.65 bits per heavy atom. The summed E-state index contributed by atoms with van der Waals surface area (Å²) in [5, 5.41) is 7.12. The molecular formula is C19H24N2OS. The van der Waals surface area contributed by atoms with E-state index in [2.05, 4.69) is 48.7 Å². The molecule has 0 aliphatic carbocycles. The summed E-state index contributed by atoms with van der Waals surface area (Å²) in [4.78, 5) is 0. The monoisotopic (exact) mass is 328 g/mol. The Morgan fingerprint density at radius 1 is 1.13 bits per heavy atom. The van der Waals surface area contributed by atoms with Gasteiger partial charge < -0.3 is 15.4 Å². The summed E-state index contributed by atoms with van der Waals surface area (Å²) in [7, 11) is 0. The van der Waals surface area contributed by atoms with Crippen molar-refractivity contribution in [3.8, 4) is 5.75 Å². The Kier molecular flexibility index (Phi) is 5.99.